The molecule has 3 rings (SSSR count). The minimum Gasteiger partial charge on any atom is -0.465 e. The summed E-state index contributed by atoms with van der Waals surface area (Å²) in [5.74, 6) is -0.617. The summed E-state index contributed by atoms with van der Waals surface area (Å²) in [6, 6.07) is 0. The Labute approximate surface area is 184 Å². The fourth-order valence-electron chi connectivity index (χ4n) is 5.52. The fourth-order valence-corrected chi connectivity index (χ4v) is 5.52. The SMILES string of the molecule is CCCCC(O)(C[C@@]1(CC)C(=O)N(C(=O)O)C[C@@H]1Cc1cncn1C)C1CCCCO1. The van der Waals surface area contributed by atoms with E-state index < -0.39 is 17.1 Å². The Morgan fingerprint density at radius 1 is 1.39 bits per heavy atom. The highest BCUT2D eigenvalue weighted by atomic mass is 16.5. The second-order valence-electron chi connectivity index (χ2n) is 9.34. The summed E-state index contributed by atoms with van der Waals surface area (Å²) in [5, 5.41) is 21.6. The number of ether oxygens (including phenoxy) is 1. The van der Waals surface area contributed by atoms with E-state index in [1.165, 1.54) is 0 Å². The number of imide groups is 1. The van der Waals surface area contributed by atoms with Crippen molar-refractivity contribution < 1.29 is 24.5 Å². The maximum atomic E-state index is 13.5. The molecular weight excluding hydrogens is 398 g/mol. The van der Waals surface area contributed by atoms with Crippen LogP contribution in [0.2, 0.25) is 0 Å². The standard InChI is InChI=1S/C23H37N3O5/c1-4-6-10-23(30,19-9-7-8-11-31-19)15-22(5-2)17(12-18-13-24-16-25(18)3)14-26(20(22)27)21(28)29/h13,16-17,19,30H,4-12,14-15H2,1-3H3,(H,28,29)/t17-,19?,22+,23?/m0/s1. The van der Waals surface area contributed by atoms with Gasteiger partial charge in [0.25, 0.3) is 0 Å². The number of unbranched alkanes of at least 4 members (excludes halogenated alkanes) is 1. The van der Waals surface area contributed by atoms with Gasteiger partial charge in [-0.15, -0.1) is 0 Å². The number of carboxylic acid groups (broad SMARTS) is 1. The second-order valence-corrected chi connectivity index (χ2v) is 9.34. The van der Waals surface area contributed by atoms with Crippen LogP contribution in [0.4, 0.5) is 4.79 Å². The first-order valence-electron chi connectivity index (χ1n) is 11.6. The Morgan fingerprint density at radius 2 is 2.16 bits per heavy atom. The molecule has 31 heavy (non-hydrogen) atoms. The number of rotatable bonds is 9. The summed E-state index contributed by atoms with van der Waals surface area (Å²) in [5.41, 5.74) is -1.15. The molecule has 2 fully saturated rings. The van der Waals surface area contributed by atoms with Crippen LogP contribution in [0, 0.1) is 11.3 Å². The zero-order chi connectivity index (χ0) is 22.6. The van der Waals surface area contributed by atoms with Gasteiger partial charge in [-0.3, -0.25) is 4.79 Å². The lowest BCUT2D eigenvalue weighted by atomic mass is 9.64. The third-order valence-electron chi connectivity index (χ3n) is 7.45. The van der Waals surface area contributed by atoms with E-state index in [2.05, 4.69) is 11.9 Å². The van der Waals surface area contributed by atoms with Crippen molar-refractivity contribution >= 4 is 12.0 Å². The Hall–Kier alpha value is -1.93. The number of hydrogen-bond donors (Lipinski definition) is 2. The molecule has 0 aromatic carbocycles. The average molecular weight is 436 g/mol. The third-order valence-corrected chi connectivity index (χ3v) is 7.45. The number of carbonyl (C=O) groups is 2. The van der Waals surface area contributed by atoms with Crippen LogP contribution in [0.1, 0.15) is 70.9 Å². The van der Waals surface area contributed by atoms with Gasteiger partial charge in [-0.2, -0.15) is 0 Å². The summed E-state index contributed by atoms with van der Waals surface area (Å²) in [6.07, 6.45) is 8.23. The van der Waals surface area contributed by atoms with E-state index in [1.807, 2.05) is 18.5 Å². The lowest BCUT2D eigenvalue weighted by molar-refractivity contribution is -0.163. The van der Waals surface area contributed by atoms with Gasteiger partial charge in [0, 0.05) is 32.1 Å². The molecule has 8 heteroatoms. The lowest BCUT2D eigenvalue weighted by Gasteiger charge is -2.44. The Kier molecular flexibility index (Phi) is 7.42. The number of hydrogen-bond acceptors (Lipinski definition) is 5. The number of carbonyl (C=O) groups excluding carboxylic acids is 1. The van der Waals surface area contributed by atoms with Gasteiger partial charge in [0.05, 0.1) is 23.4 Å². The third kappa shape index (κ3) is 4.65. The monoisotopic (exact) mass is 435 g/mol. The molecule has 2 aliphatic heterocycles. The number of aryl methyl sites for hydroxylation is 1. The van der Waals surface area contributed by atoms with Crippen molar-refractivity contribution in [1.29, 1.82) is 0 Å². The van der Waals surface area contributed by atoms with Crippen molar-refractivity contribution in [2.45, 2.75) is 83.3 Å². The maximum Gasteiger partial charge on any atom is 0.414 e. The van der Waals surface area contributed by atoms with Crippen molar-refractivity contribution in [2.24, 2.45) is 18.4 Å². The number of aliphatic hydroxyl groups is 1. The van der Waals surface area contributed by atoms with Gasteiger partial charge in [-0.25, -0.2) is 14.7 Å². The molecule has 3 heterocycles. The van der Waals surface area contributed by atoms with E-state index in [4.69, 9.17) is 4.74 Å². The fraction of sp³-hybridized carbons (Fsp3) is 0.783. The second kappa shape index (κ2) is 9.69. The van der Waals surface area contributed by atoms with Crippen LogP contribution in [-0.4, -0.2) is 61.5 Å². The van der Waals surface area contributed by atoms with Crippen LogP contribution in [-0.2, 0) is 23.0 Å². The van der Waals surface area contributed by atoms with E-state index >= 15 is 0 Å². The molecule has 4 atom stereocenters. The van der Waals surface area contributed by atoms with E-state index in [0.717, 1.165) is 42.7 Å². The first kappa shape index (κ1) is 23.7. The number of likely N-dealkylation sites (tertiary alicyclic amines) is 1. The molecule has 2 amide bonds. The van der Waals surface area contributed by atoms with Crippen molar-refractivity contribution in [2.75, 3.05) is 13.2 Å². The van der Waals surface area contributed by atoms with Crippen molar-refractivity contribution in [1.82, 2.24) is 14.5 Å². The molecule has 174 valence electrons. The number of amides is 2. The first-order valence-corrected chi connectivity index (χ1v) is 11.6. The van der Waals surface area contributed by atoms with Crippen LogP contribution < -0.4 is 0 Å². The highest BCUT2D eigenvalue weighted by molar-refractivity contribution is 5.97. The molecule has 2 unspecified atom stereocenters. The largest absolute Gasteiger partial charge is 0.465 e. The molecule has 8 nitrogen and oxygen atoms in total. The molecule has 0 spiro atoms. The van der Waals surface area contributed by atoms with Gasteiger partial charge >= 0.3 is 6.09 Å². The summed E-state index contributed by atoms with van der Waals surface area (Å²) >= 11 is 0. The van der Waals surface area contributed by atoms with Crippen LogP contribution in [0.3, 0.4) is 0 Å². The smallest absolute Gasteiger partial charge is 0.414 e. The highest BCUT2D eigenvalue weighted by Crippen LogP contribution is 2.50. The van der Waals surface area contributed by atoms with Gasteiger partial charge in [0.15, 0.2) is 0 Å². The minimum absolute atomic E-state index is 0.141. The summed E-state index contributed by atoms with van der Waals surface area (Å²) in [6.45, 7) is 4.77. The Bertz CT molecular complexity index is 775. The van der Waals surface area contributed by atoms with Crippen LogP contribution in [0.25, 0.3) is 0 Å². The van der Waals surface area contributed by atoms with E-state index in [0.29, 0.717) is 25.9 Å². The Morgan fingerprint density at radius 3 is 2.71 bits per heavy atom. The molecule has 0 saturated carbocycles. The molecular formula is C23H37N3O5. The Balaban J connectivity index is 1.97. The van der Waals surface area contributed by atoms with E-state index in [9.17, 15) is 19.8 Å². The van der Waals surface area contributed by atoms with Crippen LogP contribution in [0.5, 0.6) is 0 Å². The zero-order valence-corrected chi connectivity index (χ0v) is 19.0. The summed E-state index contributed by atoms with van der Waals surface area (Å²) in [7, 11) is 1.90. The van der Waals surface area contributed by atoms with Crippen molar-refractivity contribution in [3.8, 4) is 0 Å². The normalized spacial score (nSPS) is 28.6. The quantitative estimate of drug-likeness (QED) is 0.616. The maximum absolute atomic E-state index is 13.5. The number of imidazole rings is 1. The number of nitrogens with zero attached hydrogens (tertiary/aromatic N) is 3. The van der Waals surface area contributed by atoms with Crippen molar-refractivity contribution in [3.63, 3.8) is 0 Å². The van der Waals surface area contributed by atoms with Gasteiger partial charge in [-0.1, -0.05) is 26.7 Å². The zero-order valence-electron chi connectivity index (χ0n) is 19.0. The van der Waals surface area contributed by atoms with Crippen LogP contribution in [0.15, 0.2) is 12.5 Å². The molecule has 0 radical (unpaired) electrons. The summed E-state index contributed by atoms with van der Waals surface area (Å²) in [4.78, 5) is 30.5. The van der Waals surface area contributed by atoms with Gasteiger partial charge < -0.3 is 19.5 Å². The average Bonchev–Trinajstić information content (AvgIpc) is 3.29. The van der Waals surface area contributed by atoms with E-state index in [1.54, 1.807) is 12.5 Å². The van der Waals surface area contributed by atoms with Gasteiger partial charge in [0.1, 0.15) is 0 Å². The van der Waals surface area contributed by atoms with Gasteiger partial charge in [-0.05, 0) is 50.9 Å². The molecule has 0 aliphatic carbocycles. The minimum atomic E-state index is -1.22. The van der Waals surface area contributed by atoms with E-state index in [-0.39, 0.29) is 30.9 Å². The molecule has 2 saturated heterocycles. The molecule has 1 aromatic rings. The molecule has 2 aliphatic rings. The van der Waals surface area contributed by atoms with Crippen molar-refractivity contribution in [3.05, 3.63) is 18.2 Å². The molecule has 2 N–H and O–H groups in total. The highest BCUT2D eigenvalue weighted by Gasteiger charge is 2.58. The predicted octanol–water partition coefficient (Wildman–Crippen LogP) is 3.38. The number of aromatic nitrogens is 2. The molecule has 1 aromatic heterocycles. The van der Waals surface area contributed by atoms with Gasteiger partial charge in [0.2, 0.25) is 5.91 Å². The lowest BCUT2D eigenvalue weighted by Crippen LogP contribution is -2.52. The topological polar surface area (TPSA) is 105 Å². The van der Waals surface area contributed by atoms with Crippen LogP contribution >= 0.6 is 0 Å². The summed E-state index contributed by atoms with van der Waals surface area (Å²) < 4.78 is 7.91. The molecule has 0 bridgehead atoms. The first-order chi connectivity index (χ1) is 14.8. The predicted molar refractivity (Wildman–Crippen MR) is 116 cm³/mol.